The topological polar surface area (TPSA) is 49.3 Å². The lowest BCUT2D eigenvalue weighted by molar-refractivity contribution is 0.485. The lowest BCUT2D eigenvalue weighted by atomic mass is 10.4. The first-order chi connectivity index (χ1) is 8.14. The minimum Gasteiger partial charge on any atom is -0.326 e. The number of hydrogen-bond acceptors (Lipinski definition) is 3. The zero-order valence-corrected chi connectivity index (χ0v) is 12.4. The van der Waals surface area contributed by atoms with Crippen molar-refractivity contribution in [2.45, 2.75) is 18.2 Å². The maximum Gasteiger partial charge on any atom is 0.323 e. The van der Waals surface area contributed by atoms with E-state index in [1.54, 1.807) is 11.8 Å². The Morgan fingerprint density at radius 1 is 1.29 bits per heavy atom. The van der Waals surface area contributed by atoms with Crippen LogP contribution in [0, 0.1) is 0 Å². The van der Waals surface area contributed by atoms with Crippen LogP contribution in [-0.2, 0) is 4.57 Å². The Morgan fingerprint density at radius 3 is 2.65 bits per heavy atom. The highest BCUT2D eigenvalue weighted by Crippen LogP contribution is 2.50. The van der Waals surface area contributed by atoms with Crippen LogP contribution in [0.15, 0.2) is 35.2 Å². The van der Waals surface area contributed by atoms with E-state index >= 15 is 0 Å². The van der Waals surface area contributed by atoms with Crippen molar-refractivity contribution in [1.82, 2.24) is 5.09 Å². The molecule has 0 bridgehead atoms. The van der Waals surface area contributed by atoms with Crippen LogP contribution in [0.3, 0.4) is 0 Å². The molecule has 96 valence electrons. The van der Waals surface area contributed by atoms with Gasteiger partial charge in [-0.15, -0.1) is 11.8 Å². The van der Waals surface area contributed by atoms with Crippen molar-refractivity contribution in [2.75, 3.05) is 18.1 Å². The highest BCUT2D eigenvalue weighted by molar-refractivity contribution is 8.55. The summed E-state index contributed by atoms with van der Waals surface area (Å²) in [5.41, 5.74) is 0. The largest absolute Gasteiger partial charge is 0.326 e. The third kappa shape index (κ3) is 7.17. The Morgan fingerprint density at radius 2 is 2.00 bits per heavy atom. The van der Waals surface area contributed by atoms with Crippen LogP contribution in [0.1, 0.15) is 13.3 Å². The van der Waals surface area contributed by atoms with Gasteiger partial charge < -0.3 is 4.89 Å². The second-order valence-electron chi connectivity index (χ2n) is 3.42. The SMILES string of the molecule is CCCSP(=O)(O)NCCSc1ccccc1. The lowest BCUT2D eigenvalue weighted by Crippen LogP contribution is -2.12. The summed E-state index contributed by atoms with van der Waals surface area (Å²) in [5.74, 6) is 1.51. The zero-order chi connectivity index (χ0) is 12.6. The molecule has 1 unspecified atom stereocenters. The van der Waals surface area contributed by atoms with Gasteiger partial charge in [0.1, 0.15) is 0 Å². The van der Waals surface area contributed by atoms with E-state index < -0.39 is 6.72 Å². The summed E-state index contributed by atoms with van der Waals surface area (Å²) < 4.78 is 11.6. The van der Waals surface area contributed by atoms with Crippen LogP contribution in [0.2, 0.25) is 0 Å². The number of benzene rings is 1. The Hall–Kier alpha value is 0.0700. The second kappa shape index (κ2) is 8.22. The molecule has 0 fully saturated rings. The fourth-order valence-electron chi connectivity index (χ4n) is 1.13. The fraction of sp³-hybridized carbons (Fsp3) is 0.455. The van der Waals surface area contributed by atoms with Crippen molar-refractivity contribution in [3.8, 4) is 0 Å². The first-order valence-electron chi connectivity index (χ1n) is 5.54. The van der Waals surface area contributed by atoms with E-state index in [9.17, 15) is 9.46 Å². The van der Waals surface area contributed by atoms with E-state index in [0.717, 1.165) is 23.6 Å². The zero-order valence-electron chi connectivity index (χ0n) is 9.83. The van der Waals surface area contributed by atoms with Crippen molar-refractivity contribution < 1.29 is 9.46 Å². The van der Waals surface area contributed by atoms with Gasteiger partial charge in [0.25, 0.3) is 0 Å². The van der Waals surface area contributed by atoms with Crippen molar-refractivity contribution in [2.24, 2.45) is 0 Å². The summed E-state index contributed by atoms with van der Waals surface area (Å²) in [7, 11) is 0. The average Bonchev–Trinajstić information content (AvgIpc) is 2.34. The summed E-state index contributed by atoms with van der Waals surface area (Å²) in [6, 6.07) is 10.0. The maximum absolute atomic E-state index is 11.6. The summed E-state index contributed by atoms with van der Waals surface area (Å²) in [6.45, 7) is -0.633. The van der Waals surface area contributed by atoms with Crippen LogP contribution < -0.4 is 5.09 Å². The van der Waals surface area contributed by atoms with Gasteiger partial charge in [0, 0.05) is 22.9 Å². The Bertz CT molecular complexity index is 362. The number of nitrogens with one attached hydrogen (secondary N) is 1. The molecule has 1 atom stereocenters. The van der Waals surface area contributed by atoms with Gasteiger partial charge in [-0.25, -0.2) is 5.09 Å². The molecular formula is C11H18NO2PS2. The molecule has 1 aromatic carbocycles. The molecule has 0 heterocycles. The summed E-state index contributed by atoms with van der Waals surface area (Å²) >= 11 is 2.80. The number of thioether (sulfide) groups is 1. The minimum atomic E-state index is -3.18. The van der Waals surface area contributed by atoms with Gasteiger partial charge in [-0.3, -0.25) is 4.57 Å². The molecule has 0 radical (unpaired) electrons. The van der Waals surface area contributed by atoms with Gasteiger partial charge in [-0.2, -0.15) is 0 Å². The van der Waals surface area contributed by atoms with Gasteiger partial charge in [0.2, 0.25) is 0 Å². The predicted octanol–water partition coefficient (Wildman–Crippen LogP) is 3.61. The highest BCUT2D eigenvalue weighted by atomic mass is 32.7. The Kier molecular flexibility index (Phi) is 7.32. The molecule has 0 aliphatic heterocycles. The van der Waals surface area contributed by atoms with Gasteiger partial charge in [-0.1, -0.05) is 36.5 Å². The van der Waals surface area contributed by atoms with Crippen molar-refractivity contribution in [3.05, 3.63) is 30.3 Å². The molecule has 3 nitrogen and oxygen atoms in total. The Labute approximate surface area is 111 Å². The van der Waals surface area contributed by atoms with Gasteiger partial charge in [0.05, 0.1) is 0 Å². The van der Waals surface area contributed by atoms with Crippen LogP contribution in [0.4, 0.5) is 0 Å². The maximum atomic E-state index is 11.6. The van der Waals surface area contributed by atoms with Crippen molar-refractivity contribution >= 4 is 29.9 Å². The summed E-state index contributed by atoms with van der Waals surface area (Å²) in [4.78, 5) is 10.7. The van der Waals surface area contributed by atoms with E-state index in [1.165, 1.54) is 4.90 Å². The molecule has 6 heteroatoms. The third-order valence-corrected chi connectivity index (χ3v) is 6.46. The van der Waals surface area contributed by atoms with Crippen molar-refractivity contribution in [1.29, 1.82) is 0 Å². The predicted molar refractivity (Wildman–Crippen MR) is 77.7 cm³/mol. The van der Waals surface area contributed by atoms with Gasteiger partial charge in [-0.05, 0) is 18.6 Å². The number of hydrogen-bond donors (Lipinski definition) is 2. The van der Waals surface area contributed by atoms with Crippen molar-refractivity contribution in [3.63, 3.8) is 0 Å². The summed E-state index contributed by atoms with van der Waals surface area (Å²) in [5, 5.41) is 2.72. The van der Waals surface area contributed by atoms with E-state index in [2.05, 4.69) is 5.09 Å². The molecule has 0 aliphatic carbocycles. The quantitative estimate of drug-likeness (QED) is 0.435. The molecular weight excluding hydrogens is 273 g/mol. The second-order valence-corrected chi connectivity index (χ2v) is 8.87. The smallest absolute Gasteiger partial charge is 0.323 e. The third-order valence-electron chi connectivity index (χ3n) is 1.90. The molecule has 17 heavy (non-hydrogen) atoms. The normalized spacial score (nSPS) is 14.5. The Balaban J connectivity index is 2.17. The average molecular weight is 291 g/mol. The molecule has 1 rings (SSSR count). The molecule has 0 spiro atoms. The molecule has 0 amide bonds. The van der Waals surface area contributed by atoms with Crippen LogP contribution in [-0.4, -0.2) is 22.9 Å². The molecule has 0 aliphatic rings. The first kappa shape index (κ1) is 15.1. The molecule has 0 aromatic heterocycles. The lowest BCUT2D eigenvalue weighted by Gasteiger charge is -2.11. The molecule has 0 saturated carbocycles. The molecule has 1 aromatic rings. The van der Waals surface area contributed by atoms with Gasteiger partial charge in [0.15, 0.2) is 0 Å². The highest BCUT2D eigenvalue weighted by Gasteiger charge is 2.16. The minimum absolute atomic E-state index is 0.546. The van der Waals surface area contributed by atoms with Crippen LogP contribution in [0.25, 0.3) is 0 Å². The molecule has 2 N–H and O–H groups in total. The van der Waals surface area contributed by atoms with E-state index in [4.69, 9.17) is 0 Å². The first-order valence-corrected chi connectivity index (χ1v) is 9.78. The molecule has 0 saturated heterocycles. The van der Waals surface area contributed by atoms with E-state index in [-0.39, 0.29) is 0 Å². The standard InChI is InChI=1S/C11H18NO2PS2/c1-2-9-17-15(13,14)12-8-10-16-11-6-4-3-5-7-11/h3-7H,2,8-10H2,1H3,(H2,12,13,14). The fourth-order valence-corrected chi connectivity index (χ4v) is 4.83. The summed E-state index contributed by atoms with van der Waals surface area (Å²) in [6.07, 6.45) is 0.912. The van der Waals surface area contributed by atoms with Gasteiger partial charge >= 0.3 is 6.72 Å². The number of rotatable bonds is 8. The van der Waals surface area contributed by atoms with E-state index in [1.807, 2.05) is 37.3 Å². The van der Waals surface area contributed by atoms with Crippen LogP contribution >= 0.6 is 29.9 Å². The van der Waals surface area contributed by atoms with Crippen LogP contribution in [0.5, 0.6) is 0 Å². The van der Waals surface area contributed by atoms with E-state index in [0.29, 0.717) is 12.3 Å². The monoisotopic (exact) mass is 291 g/mol.